The van der Waals surface area contributed by atoms with Gasteiger partial charge in [-0.2, -0.15) is 0 Å². The van der Waals surface area contributed by atoms with Gasteiger partial charge in [0.25, 0.3) is 0 Å². The van der Waals surface area contributed by atoms with Crippen LogP contribution in [0, 0.1) is 0 Å². The van der Waals surface area contributed by atoms with E-state index in [0.717, 1.165) is 109 Å². The molecule has 0 saturated heterocycles. The zero-order valence-corrected chi connectivity index (χ0v) is 51.4. The van der Waals surface area contributed by atoms with Gasteiger partial charge in [0.1, 0.15) is 13.2 Å². The van der Waals surface area contributed by atoms with Crippen LogP contribution in [0.1, 0.15) is 323 Å². The molecular formula is C72H124O6. The van der Waals surface area contributed by atoms with E-state index in [9.17, 15) is 14.4 Å². The predicted molar refractivity (Wildman–Crippen MR) is 339 cm³/mol. The summed E-state index contributed by atoms with van der Waals surface area (Å²) in [6.07, 6.45) is 88.6. The maximum absolute atomic E-state index is 12.9. The minimum Gasteiger partial charge on any atom is -0.462 e. The molecule has 0 aliphatic carbocycles. The van der Waals surface area contributed by atoms with Crippen molar-refractivity contribution in [1.29, 1.82) is 0 Å². The number of unbranched alkanes of at least 4 members (excludes halogenated alkanes) is 33. The van der Waals surface area contributed by atoms with Crippen LogP contribution in [0.2, 0.25) is 0 Å². The number of rotatable bonds is 60. The average Bonchev–Trinajstić information content (AvgIpc) is 3.44. The molecule has 78 heavy (non-hydrogen) atoms. The second kappa shape index (κ2) is 65.8. The third-order valence-electron chi connectivity index (χ3n) is 14.3. The smallest absolute Gasteiger partial charge is 0.306 e. The Hall–Kier alpha value is -3.67. The quantitative estimate of drug-likeness (QED) is 0.0261. The van der Waals surface area contributed by atoms with Crippen LogP contribution in [0.3, 0.4) is 0 Å². The highest BCUT2D eigenvalue weighted by molar-refractivity contribution is 5.71. The second-order valence-electron chi connectivity index (χ2n) is 22.0. The fraction of sp³-hybridized carbons (Fsp3) is 0.736. The van der Waals surface area contributed by atoms with E-state index in [-0.39, 0.29) is 31.1 Å². The van der Waals surface area contributed by atoms with Crippen LogP contribution < -0.4 is 0 Å². The van der Waals surface area contributed by atoms with E-state index in [4.69, 9.17) is 14.2 Å². The first-order valence-electron chi connectivity index (χ1n) is 33.2. The Morgan fingerprint density at radius 2 is 0.526 bits per heavy atom. The van der Waals surface area contributed by atoms with Crippen molar-refractivity contribution in [2.45, 2.75) is 329 Å². The van der Waals surface area contributed by atoms with Crippen LogP contribution in [0.25, 0.3) is 0 Å². The Labute approximate surface area is 483 Å². The van der Waals surface area contributed by atoms with E-state index in [1.807, 2.05) is 0 Å². The third kappa shape index (κ3) is 63.2. The van der Waals surface area contributed by atoms with Crippen LogP contribution in [0.15, 0.2) is 97.2 Å². The second-order valence-corrected chi connectivity index (χ2v) is 22.0. The summed E-state index contributed by atoms with van der Waals surface area (Å²) in [4.78, 5) is 38.2. The molecule has 0 N–H and O–H groups in total. The van der Waals surface area contributed by atoms with Crippen LogP contribution in [-0.4, -0.2) is 37.2 Å². The SMILES string of the molecule is CC/C=C\C/C=C\C/C=C\C/C=C\C/C=C\C/C=C\CCCCCCCCCCCCCCCCC(=O)OCC(COC(=O)CCCCCCC/C=C\CCC)OC(=O)CCCCCCCCC/C=C\CCCCCCCC. The molecule has 0 aromatic carbocycles. The van der Waals surface area contributed by atoms with Gasteiger partial charge < -0.3 is 14.2 Å². The van der Waals surface area contributed by atoms with Gasteiger partial charge in [-0.1, -0.05) is 285 Å². The monoisotopic (exact) mass is 1080 g/mol. The van der Waals surface area contributed by atoms with Gasteiger partial charge in [0.15, 0.2) is 6.10 Å². The van der Waals surface area contributed by atoms with E-state index < -0.39 is 6.10 Å². The number of ether oxygens (including phenoxy) is 3. The molecule has 1 unspecified atom stereocenters. The first-order chi connectivity index (χ1) is 38.5. The van der Waals surface area contributed by atoms with Gasteiger partial charge in [0, 0.05) is 19.3 Å². The molecule has 0 aromatic rings. The lowest BCUT2D eigenvalue weighted by atomic mass is 10.0. The van der Waals surface area contributed by atoms with Crippen molar-refractivity contribution in [2.24, 2.45) is 0 Å². The van der Waals surface area contributed by atoms with Crippen LogP contribution in [0.4, 0.5) is 0 Å². The zero-order chi connectivity index (χ0) is 56.4. The topological polar surface area (TPSA) is 78.9 Å². The van der Waals surface area contributed by atoms with Gasteiger partial charge in [-0.05, 0) is 116 Å². The molecule has 0 fully saturated rings. The van der Waals surface area contributed by atoms with Gasteiger partial charge in [0.05, 0.1) is 0 Å². The maximum Gasteiger partial charge on any atom is 0.306 e. The average molecular weight is 1090 g/mol. The highest BCUT2D eigenvalue weighted by Gasteiger charge is 2.19. The molecule has 1 atom stereocenters. The summed E-state index contributed by atoms with van der Waals surface area (Å²) in [5.41, 5.74) is 0. The van der Waals surface area contributed by atoms with E-state index in [0.29, 0.717) is 19.3 Å². The molecule has 0 saturated carbocycles. The summed E-state index contributed by atoms with van der Waals surface area (Å²) < 4.78 is 16.9. The lowest BCUT2D eigenvalue weighted by Crippen LogP contribution is -2.30. The van der Waals surface area contributed by atoms with Gasteiger partial charge in [-0.3, -0.25) is 14.4 Å². The standard InChI is InChI=1S/C72H124O6/c1-4-7-10-13-16-19-22-24-26-28-29-30-31-32-33-34-35-36-37-38-39-40-41-42-43-45-46-48-50-53-56-59-62-65-71(74)77-68-69(67-76-70(73)64-61-58-55-52-21-18-15-12-9-6-3)78-72(75)66-63-60-57-54-51-49-47-44-27-25-23-20-17-14-11-8-5-2/h7,10,12,15-16,19,24-27,29-30,32-33,35-36,69H,4-6,8-9,11,13-14,17-18,20-23,28,31,34,37-68H2,1-3H3/b10-7-,15-12-,19-16-,26-24-,27-25-,30-29-,33-32-,36-35-. The fourth-order valence-electron chi connectivity index (χ4n) is 9.33. The number of hydrogen-bond donors (Lipinski definition) is 0. The molecule has 0 aromatic heterocycles. The molecule has 0 rings (SSSR count). The zero-order valence-electron chi connectivity index (χ0n) is 51.4. The number of carbonyl (C=O) groups is 3. The Morgan fingerprint density at radius 1 is 0.269 bits per heavy atom. The maximum atomic E-state index is 12.9. The minimum atomic E-state index is -0.782. The summed E-state index contributed by atoms with van der Waals surface area (Å²) in [5, 5.41) is 0. The molecular weight excluding hydrogens is 961 g/mol. The summed E-state index contributed by atoms with van der Waals surface area (Å²) >= 11 is 0. The first kappa shape index (κ1) is 74.3. The number of carbonyl (C=O) groups excluding carboxylic acids is 3. The Morgan fingerprint density at radius 3 is 0.846 bits per heavy atom. The normalized spacial score (nSPS) is 12.7. The number of allylic oxidation sites excluding steroid dienone is 16. The summed E-state index contributed by atoms with van der Waals surface area (Å²) in [5.74, 6) is -0.885. The van der Waals surface area contributed by atoms with E-state index in [1.165, 1.54) is 173 Å². The van der Waals surface area contributed by atoms with Crippen molar-refractivity contribution in [3.63, 3.8) is 0 Å². The summed E-state index contributed by atoms with van der Waals surface area (Å²) in [6.45, 7) is 6.47. The van der Waals surface area contributed by atoms with Crippen molar-refractivity contribution >= 4 is 17.9 Å². The van der Waals surface area contributed by atoms with E-state index in [2.05, 4.69) is 118 Å². The summed E-state index contributed by atoms with van der Waals surface area (Å²) in [7, 11) is 0. The fourth-order valence-corrected chi connectivity index (χ4v) is 9.33. The third-order valence-corrected chi connectivity index (χ3v) is 14.3. The highest BCUT2D eigenvalue weighted by Crippen LogP contribution is 2.16. The minimum absolute atomic E-state index is 0.0795. The van der Waals surface area contributed by atoms with Crippen LogP contribution >= 0.6 is 0 Å². The molecule has 0 heterocycles. The Kier molecular flexibility index (Phi) is 62.7. The number of hydrogen-bond acceptors (Lipinski definition) is 6. The Balaban J connectivity index is 4.14. The van der Waals surface area contributed by atoms with Crippen molar-refractivity contribution in [2.75, 3.05) is 13.2 Å². The largest absolute Gasteiger partial charge is 0.462 e. The van der Waals surface area contributed by atoms with Crippen molar-refractivity contribution in [3.05, 3.63) is 97.2 Å². The van der Waals surface area contributed by atoms with Crippen molar-refractivity contribution in [3.8, 4) is 0 Å². The van der Waals surface area contributed by atoms with Crippen molar-refractivity contribution in [1.82, 2.24) is 0 Å². The molecule has 6 heteroatoms. The van der Waals surface area contributed by atoms with E-state index in [1.54, 1.807) is 0 Å². The van der Waals surface area contributed by atoms with Crippen molar-refractivity contribution < 1.29 is 28.6 Å². The number of esters is 3. The molecule has 0 spiro atoms. The molecule has 448 valence electrons. The molecule has 0 aliphatic heterocycles. The van der Waals surface area contributed by atoms with Gasteiger partial charge in [0.2, 0.25) is 0 Å². The van der Waals surface area contributed by atoms with Gasteiger partial charge in [-0.25, -0.2) is 0 Å². The lowest BCUT2D eigenvalue weighted by Gasteiger charge is -2.18. The first-order valence-corrected chi connectivity index (χ1v) is 33.2. The molecule has 0 bridgehead atoms. The van der Waals surface area contributed by atoms with Gasteiger partial charge >= 0.3 is 17.9 Å². The Bertz CT molecular complexity index is 1530. The molecule has 0 amide bonds. The molecule has 0 radical (unpaired) electrons. The van der Waals surface area contributed by atoms with E-state index >= 15 is 0 Å². The van der Waals surface area contributed by atoms with Crippen LogP contribution in [-0.2, 0) is 28.6 Å². The van der Waals surface area contributed by atoms with Crippen LogP contribution in [0.5, 0.6) is 0 Å². The predicted octanol–water partition coefficient (Wildman–Crippen LogP) is 22.8. The lowest BCUT2D eigenvalue weighted by molar-refractivity contribution is -0.167. The molecule has 6 nitrogen and oxygen atoms in total. The van der Waals surface area contributed by atoms with Gasteiger partial charge in [-0.15, -0.1) is 0 Å². The molecule has 0 aliphatic rings. The summed E-state index contributed by atoms with van der Waals surface area (Å²) in [6, 6.07) is 0. The highest BCUT2D eigenvalue weighted by atomic mass is 16.6.